The van der Waals surface area contributed by atoms with Crippen LogP contribution < -0.4 is 0 Å². The van der Waals surface area contributed by atoms with Crippen molar-refractivity contribution in [3.8, 4) is 0 Å². The average Bonchev–Trinajstić information content (AvgIpc) is 2.65. The molecular weight excluding hydrogens is 272 g/mol. The van der Waals surface area contributed by atoms with Crippen LogP contribution in [0.5, 0.6) is 0 Å². The molecule has 0 aliphatic carbocycles. The van der Waals surface area contributed by atoms with Gasteiger partial charge in [-0.05, 0) is 22.0 Å². The van der Waals surface area contributed by atoms with E-state index in [1.54, 1.807) is 11.3 Å². The van der Waals surface area contributed by atoms with Gasteiger partial charge in [0.05, 0.1) is 0 Å². The van der Waals surface area contributed by atoms with Gasteiger partial charge in [0, 0.05) is 26.7 Å². The number of ketones is 1. The summed E-state index contributed by atoms with van der Waals surface area (Å²) in [7, 11) is 0. The molecule has 15 heavy (non-hydrogen) atoms. The van der Waals surface area contributed by atoms with Gasteiger partial charge in [-0.3, -0.25) is 4.79 Å². The van der Waals surface area contributed by atoms with E-state index in [0.717, 1.165) is 14.9 Å². The van der Waals surface area contributed by atoms with E-state index >= 15 is 0 Å². The second-order valence-electron chi connectivity index (χ2n) is 3.20. The van der Waals surface area contributed by atoms with E-state index in [0.29, 0.717) is 6.42 Å². The first kappa shape index (κ1) is 10.6. The van der Waals surface area contributed by atoms with Gasteiger partial charge in [-0.2, -0.15) is 0 Å². The molecule has 3 heteroatoms. The Morgan fingerprint density at radius 2 is 2.00 bits per heavy atom. The highest BCUT2D eigenvalue weighted by molar-refractivity contribution is 9.10. The monoisotopic (exact) mass is 280 g/mol. The van der Waals surface area contributed by atoms with E-state index < -0.39 is 0 Å². The molecule has 0 bridgehead atoms. The summed E-state index contributed by atoms with van der Waals surface area (Å²) < 4.78 is 1.04. The second kappa shape index (κ2) is 4.73. The van der Waals surface area contributed by atoms with Gasteiger partial charge in [0.1, 0.15) is 0 Å². The Bertz CT molecular complexity index is 461. The normalized spacial score (nSPS) is 10.2. The number of benzene rings is 1. The van der Waals surface area contributed by atoms with E-state index in [1.807, 2.05) is 41.8 Å². The van der Waals surface area contributed by atoms with Crippen LogP contribution >= 0.6 is 27.3 Å². The molecule has 1 heterocycles. The topological polar surface area (TPSA) is 17.1 Å². The van der Waals surface area contributed by atoms with Crippen molar-refractivity contribution in [2.24, 2.45) is 0 Å². The van der Waals surface area contributed by atoms with Gasteiger partial charge in [-0.25, -0.2) is 0 Å². The maximum atomic E-state index is 11.8. The maximum Gasteiger partial charge on any atom is 0.168 e. The van der Waals surface area contributed by atoms with E-state index in [9.17, 15) is 4.79 Å². The minimum absolute atomic E-state index is 0.171. The Balaban J connectivity index is 2.11. The zero-order valence-corrected chi connectivity index (χ0v) is 10.3. The molecule has 0 atom stereocenters. The standard InChI is InChI=1S/C12H9BrOS/c13-10-6-11(15-8-10)7-12(14)9-4-2-1-3-5-9/h1-6,8H,7H2. The Kier molecular flexibility index (Phi) is 3.34. The highest BCUT2D eigenvalue weighted by Crippen LogP contribution is 2.21. The second-order valence-corrected chi connectivity index (χ2v) is 5.11. The molecule has 0 amide bonds. The maximum absolute atomic E-state index is 11.8. The van der Waals surface area contributed by atoms with Crippen molar-refractivity contribution in [3.63, 3.8) is 0 Å². The number of hydrogen-bond donors (Lipinski definition) is 0. The smallest absolute Gasteiger partial charge is 0.168 e. The van der Waals surface area contributed by atoms with Crippen LogP contribution in [0.2, 0.25) is 0 Å². The summed E-state index contributed by atoms with van der Waals surface area (Å²) in [6.45, 7) is 0. The van der Waals surface area contributed by atoms with Crippen molar-refractivity contribution >= 4 is 33.0 Å². The summed E-state index contributed by atoms with van der Waals surface area (Å²) in [5, 5.41) is 1.99. The van der Waals surface area contributed by atoms with Gasteiger partial charge < -0.3 is 0 Å². The van der Waals surface area contributed by atoms with Crippen LogP contribution in [0.25, 0.3) is 0 Å². The van der Waals surface area contributed by atoms with E-state index in [1.165, 1.54) is 0 Å². The molecule has 0 radical (unpaired) electrons. The molecule has 0 spiro atoms. The lowest BCUT2D eigenvalue weighted by Crippen LogP contribution is -2.01. The van der Waals surface area contributed by atoms with Crippen molar-refractivity contribution in [1.29, 1.82) is 0 Å². The minimum Gasteiger partial charge on any atom is -0.294 e. The van der Waals surface area contributed by atoms with Gasteiger partial charge >= 0.3 is 0 Å². The van der Waals surface area contributed by atoms with E-state index in [-0.39, 0.29) is 5.78 Å². The average molecular weight is 281 g/mol. The number of rotatable bonds is 3. The van der Waals surface area contributed by atoms with Crippen LogP contribution in [0, 0.1) is 0 Å². The first-order chi connectivity index (χ1) is 7.25. The first-order valence-electron chi connectivity index (χ1n) is 4.57. The minimum atomic E-state index is 0.171. The number of carbonyl (C=O) groups is 1. The number of halogens is 1. The molecule has 1 aromatic carbocycles. The molecule has 2 rings (SSSR count). The van der Waals surface area contributed by atoms with Crippen LogP contribution in [0.15, 0.2) is 46.3 Å². The molecule has 0 N–H and O–H groups in total. The molecule has 0 aliphatic heterocycles. The fourth-order valence-corrected chi connectivity index (χ4v) is 2.78. The zero-order valence-electron chi connectivity index (χ0n) is 7.94. The Morgan fingerprint density at radius 3 is 2.60 bits per heavy atom. The summed E-state index contributed by atoms with van der Waals surface area (Å²) in [6.07, 6.45) is 0.486. The predicted molar refractivity (Wildman–Crippen MR) is 66.5 cm³/mol. The van der Waals surface area contributed by atoms with Crippen LogP contribution in [-0.2, 0) is 6.42 Å². The predicted octanol–water partition coefficient (Wildman–Crippen LogP) is 3.94. The summed E-state index contributed by atoms with van der Waals surface area (Å²) in [6, 6.07) is 11.4. The number of Topliss-reactive ketones (excluding diaryl/α,β-unsaturated/α-hetero) is 1. The zero-order chi connectivity index (χ0) is 10.7. The summed E-state index contributed by atoms with van der Waals surface area (Å²) in [5.74, 6) is 0.171. The first-order valence-corrected chi connectivity index (χ1v) is 6.24. The van der Waals surface area contributed by atoms with Gasteiger partial charge in [0.2, 0.25) is 0 Å². The molecule has 1 nitrogen and oxygen atoms in total. The number of hydrogen-bond acceptors (Lipinski definition) is 2. The van der Waals surface area contributed by atoms with Gasteiger partial charge in [0.15, 0.2) is 5.78 Å². The molecule has 1 aromatic heterocycles. The van der Waals surface area contributed by atoms with Crippen molar-refractivity contribution in [1.82, 2.24) is 0 Å². The highest BCUT2D eigenvalue weighted by atomic mass is 79.9. The Labute approximate surface area is 101 Å². The lowest BCUT2D eigenvalue weighted by Gasteiger charge is -1.97. The lowest BCUT2D eigenvalue weighted by molar-refractivity contribution is 0.0994. The van der Waals surface area contributed by atoms with Crippen molar-refractivity contribution in [3.05, 3.63) is 56.7 Å². The molecule has 0 fully saturated rings. The Hall–Kier alpha value is -0.930. The fourth-order valence-electron chi connectivity index (χ4n) is 1.33. The quantitative estimate of drug-likeness (QED) is 0.779. The summed E-state index contributed by atoms with van der Waals surface area (Å²) >= 11 is 4.98. The molecule has 0 unspecified atom stereocenters. The van der Waals surface area contributed by atoms with Gasteiger partial charge in [-0.1, -0.05) is 30.3 Å². The molecule has 0 saturated heterocycles. The fraction of sp³-hybridized carbons (Fsp3) is 0.0833. The largest absolute Gasteiger partial charge is 0.294 e. The molecular formula is C12H9BrOS. The molecule has 0 aliphatic rings. The van der Waals surface area contributed by atoms with Crippen LogP contribution in [0.3, 0.4) is 0 Å². The SMILES string of the molecule is O=C(Cc1cc(Br)cs1)c1ccccc1. The third-order valence-corrected chi connectivity index (χ3v) is 3.75. The Morgan fingerprint density at radius 1 is 1.27 bits per heavy atom. The molecule has 0 saturated carbocycles. The van der Waals surface area contributed by atoms with E-state index in [2.05, 4.69) is 15.9 Å². The van der Waals surface area contributed by atoms with Crippen LogP contribution in [0.1, 0.15) is 15.2 Å². The number of thiophene rings is 1. The van der Waals surface area contributed by atoms with Crippen LogP contribution in [0.4, 0.5) is 0 Å². The van der Waals surface area contributed by atoms with Crippen molar-refractivity contribution < 1.29 is 4.79 Å². The molecule has 2 aromatic rings. The third-order valence-electron chi connectivity index (χ3n) is 2.05. The van der Waals surface area contributed by atoms with Crippen molar-refractivity contribution in [2.75, 3.05) is 0 Å². The molecule has 76 valence electrons. The summed E-state index contributed by atoms with van der Waals surface area (Å²) in [5.41, 5.74) is 0.780. The number of carbonyl (C=O) groups excluding carboxylic acids is 1. The van der Waals surface area contributed by atoms with Gasteiger partial charge in [-0.15, -0.1) is 11.3 Å². The lowest BCUT2D eigenvalue weighted by atomic mass is 10.1. The summed E-state index contributed by atoms with van der Waals surface area (Å²) in [4.78, 5) is 12.9. The van der Waals surface area contributed by atoms with Crippen molar-refractivity contribution in [2.45, 2.75) is 6.42 Å². The third kappa shape index (κ3) is 2.76. The van der Waals surface area contributed by atoms with Gasteiger partial charge in [0.25, 0.3) is 0 Å². The van der Waals surface area contributed by atoms with E-state index in [4.69, 9.17) is 0 Å². The highest BCUT2D eigenvalue weighted by Gasteiger charge is 2.07. The van der Waals surface area contributed by atoms with Crippen LogP contribution in [-0.4, -0.2) is 5.78 Å².